The van der Waals surface area contributed by atoms with Gasteiger partial charge in [0, 0.05) is 44.6 Å². The Hall–Kier alpha value is -3.95. The van der Waals surface area contributed by atoms with Gasteiger partial charge < -0.3 is 24.3 Å². The van der Waals surface area contributed by atoms with Gasteiger partial charge in [-0.25, -0.2) is 4.39 Å². The molecule has 0 spiro atoms. The monoisotopic (exact) mass is 495 g/mol. The van der Waals surface area contributed by atoms with Gasteiger partial charge in [-0.15, -0.1) is 10.2 Å². The van der Waals surface area contributed by atoms with Crippen molar-refractivity contribution in [3.8, 4) is 22.9 Å². The van der Waals surface area contributed by atoms with E-state index >= 15 is 0 Å². The number of carbonyl (C=O) groups is 1. The number of ether oxygens (including phenoxy) is 2. The topological polar surface area (TPSA) is 101 Å². The molecule has 0 saturated carbocycles. The second kappa shape index (κ2) is 11.2. The highest BCUT2D eigenvalue weighted by Crippen LogP contribution is 2.31. The van der Waals surface area contributed by atoms with Gasteiger partial charge in [0.2, 0.25) is 5.91 Å². The second-order valence-electron chi connectivity index (χ2n) is 8.80. The van der Waals surface area contributed by atoms with Crippen molar-refractivity contribution >= 4 is 11.6 Å². The zero-order valence-electron chi connectivity index (χ0n) is 20.7. The minimum Gasteiger partial charge on any atom is -0.493 e. The predicted octanol–water partition coefficient (Wildman–Crippen LogP) is 3.05. The lowest BCUT2D eigenvalue weighted by Gasteiger charge is -2.36. The van der Waals surface area contributed by atoms with Crippen LogP contribution in [0.25, 0.3) is 11.4 Å². The summed E-state index contributed by atoms with van der Waals surface area (Å²) in [5, 5.41) is 8.22. The first-order valence-corrected chi connectivity index (χ1v) is 11.9. The summed E-state index contributed by atoms with van der Waals surface area (Å²) < 4.78 is 25.1. The molecule has 0 radical (unpaired) electrons. The van der Waals surface area contributed by atoms with Crippen molar-refractivity contribution in [2.75, 3.05) is 38.2 Å². The number of para-hydroxylation sites is 1. The Bertz CT molecular complexity index is 1270. The van der Waals surface area contributed by atoms with Gasteiger partial charge in [0.1, 0.15) is 11.5 Å². The fourth-order valence-corrected chi connectivity index (χ4v) is 4.11. The molecule has 36 heavy (non-hydrogen) atoms. The van der Waals surface area contributed by atoms with Crippen LogP contribution in [0.3, 0.4) is 0 Å². The summed E-state index contributed by atoms with van der Waals surface area (Å²) in [5.41, 5.74) is 0.983. The van der Waals surface area contributed by atoms with E-state index in [4.69, 9.17) is 9.47 Å². The Morgan fingerprint density at radius 3 is 2.50 bits per heavy atom. The zero-order chi connectivity index (χ0) is 25.7. The first kappa shape index (κ1) is 25.2. The third kappa shape index (κ3) is 5.81. The van der Waals surface area contributed by atoms with Gasteiger partial charge >= 0.3 is 0 Å². The van der Waals surface area contributed by atoms with E-state index in [2.05, 4.69) is 15.2 Å². The maximum Gasteiger partial charge on any atom is 0.273 e. The number of H-pyrrole nitrogens is 1. The standard InChI is InChI=1S/C26H30FN5O4/c1-17(2)36-22-10-8-18(16-23(22)35-3)25-28-26(34)20(29-30-25)9-11-24(33)32-14-12-31(13-15-32)21-7-5-4-6-19(21)27/h4-8,10,16-17H,9,11-15H2,1-3H3,(H,28,30,34). The van der Waals surface area contributed by atoms with Gasteiger partial charge in [-0.1, -0.05) is 12.1 Å². The van der Waals surface area contributed by atoms with Crippen molar-refractivity contribution in [2.24, 2.45) is 0 Å². The highest BCUT2D eigenvalue weighted by Gasteiger charge is 2.23. The van der Waals surface area contributed by atoms with Crippen LogP contribution in [0.15, 0.2) is 47.3 Å². The van der Waals surface area contributed by atoms with Crippen molar-refractivity contribution < 1.29 is 18.7 Å². The predicted molar refractivity (Wildman–Crippen MR) is 134 cm³/mol. The lowest BCUT2D eigenvalue weighted by atomic mass is 10.1. The number of carbonyl (C=O) groups excluding carboxylic acids is 1. The average molecular weight is 496 g/mol. The minimum absolute atomic E-state index is 0.0120. The van der Waals surface area contributed by atoms with Gasteiger partial charge in [-0.3, -0.25) is 9.59 Å². The number of aryl methyl sites for hydroxylation is 1. The number of nitrogens with one attached hydrogen (secondary N) is 1. The molecule has 0 unspecified atom stereocenters. The summed E-state index contributed by atoms with van der Waals surface area (Å²) >= 11 is 0. The molecule has 1 saturated heterocycles. The Balaban J connectivity index is 1.35. The summed E-state index contributed by atoms with van der Waals surface area (Å²) in [5.74, 6) is 1.08. The Kier molecular flexibility index (Phi) is 7.82. The highest BCUT2D eigenvalue weighted by atomic mass is 19.1. The Labute approximate surface area is 208 Å². The summed E-state index contributed by atoms with van der Waals surface area (Å²) in [6, 6.07) is 11.9. The lowest BCUT2D eigenvalue weighted by molar-refractivity contribution is -0.131. The maximum atomic E-state index is 14.0. The molecule has 0 bridgehead atoms. The molecule has 1 fully saturated rings. The second-order valence-corrected chi connectivity index (χ2v) is 8.80. The van der Waals surface area contributed by atoms with Crippen molar-refractivity contribution in [1.29, 1.82) is 0 Å². The van der Waals surface area contributed by atoms with E-state index in [1.165, 1.54) is 6.07 Å². The van der Waals surface area contributed by atoms with Gasteiger partial charge in [0.25, 0.3) is 5.56 Å². The summed E-state index contributed by atoms with van der Waals surface area (Å²) in [4.78, 5) is 31.7. The number of methoxy groups -OCH3 is 1. The molecule has 1 amide bonds. The van der Waals surface area contributed by atoms with Crippen LogP contribution in [0.2, 0.25) is 0 Å². The number of rotatable bonds is 8. The number of halogens is 1. The van der Waals surface area contributed by atoms with Crippen LogP contribution in [0, 0.1) is 5.82 Å². The van der Waals surface area contributed by atoms with E-state index in [-0.39, 0.29) is 36.4 Å². The van der Waals surface area contributed by atoms with Crippen LogP contribution in [0.4, 0.5) is 10.1 Å². The summed E-state index contributed by atoms with van der Waals surface area (Å²) in [6.07, 6.45) is 0.313. The molecule has 1 aromatic heterocycles. The summed E-state index contributed by atoms with van der Waals surface area (Å²) in [6.45, 7) is 5.93. The van der Waals surface area contributed by atoms with E-state index < -0.39 is 5.56 Å². The number of nitrogens with zero attached hydrogens (tertiary/aromatic N) is 4. The lowest BCUT2D eigenvalue weighted by Crippen LogP contribution is -2.49. The normalized spacial score (nSPS) is 13.7. The van der Waals surface area contributed by atoms with Crippen LogP contribution in [0.5, 0.6) is 11.5 Å². The zero-order valence-corrected chi connectivity index (χ0v) is 20.7. The third-order valence-corrected chi connectivity index (χ3v) is 5.97. The van der Waals surface area contributed by atoms with Crippen LogP contribution in [-0.2, 0) is 11.2 Å². The molecular weight excluding hydrogens is 465 g/mol. The number of aromatic amines is 1. The number of benzene rings is 2. The van der Waals surface area contributed by atoms with Gasteiger partial charge in [0.15, 0.2) is 17.3 Å². The number of hydrogen-bond donors (Lipinski definition) is 1. The molecular formula is C26H30FN5O4. The van der Waals surface area contributed by atoms with E-state index in [9.17, 15) is 14.0 Å². The largest absolute Gasteiger partial charge is 0.493 e. The van der Waals surface area contributed by atoms with Gasteiger partial charge in [0.05, 0.1) is 18.9 Å². The molecule has 10 heteroatoms. The molecule has 2 aromatic carbocycles. The molecule has 3 aromatic rings. The molecule has 1 aliphatic heterocycles. The van der Waals surface area contributed by atoms with Crippen LogP contribution in [-0.4, -0.2) is 65.4 Å². The molecule has 9 nitrogen and oxygen atoms in total. The Morgan fingerprint density at radius 2 is 1.83 bits per heavy atom. The highest BCUT2D eigenvalue weighted by molar-refractivity contribution is 5.76. The average Bonchev–Trinajstić information content (AvgIpc) is 2.88. The fourth-order valence-electron chi connectivity index (χ4n) is 4.11. The first-order chi connectivity index (χ1) is 17.4. The number of aromatic nitrogens is 3. The molecule has 4 rings (SSSR count). The van der Waals surface area contributed by atoms with Crippen LogP contribution >= 0.6 is 0 Å². The van der Waals surface area contributed by atoms with Gasteiger partial charge in [-0.2, -0.15) is 0 Å². The molecule has 1 N–H and O–H groups in total. The maximum absolute atomic E-state index is 14.0. The van der Waals surface area contributed by atoms with E-state index in [1.54, 1.807) is 48.4 Å². The van der Waals surface area contributed by atoms with E-state index in [1.807, 2.05) is 18.7 Å². The van der Waals surface area contributed by atoms with E-state index in [0.29, 0.717) is 54.8 Å². The van der Waals surface area contributed by atoms with Crippen molar-refractivity contribution in [2.45, 2.75) is 32.8 Å². The van der Waals surface area contributed by atoms with Crippen molar-refractivity contribution in [1.82, 2.24) is 20.1 Å². The number of piperazine rings is 1. The molecule has 1 aliphatic rings. The van der Waals surface area contributed by atoms with Crippen molar-refractivity contribution in [3.05, 3.63) is 64.3 Å². The minimum atomic E-state index is -0.390. The molecule has 0 atom stereocenters. The van der Waals surface area contributed by atoms with E-state index in [0.717, 1.165) is 0 Å². The number of anilines is 1. The summed E-state index contributed by atoms with van der Waals surface area (Å²) in [7, 11) is 1.54. The molecule has 190 valence electrons. The quantitative estimate of drug-likeness (QED) is 0.513. The Morgan fingerprint density at radius 1 is 1.08 bits per heavy atom. The van der Waals surface area contributed by atoms with Crippen LogP contribution in [0.1, 0.15) is 26.0 Å². The molecule has 0 aliphatic carbocycles. The smallest absolute Gasteiger partial charge is 0.273 e. The van der Waals surface area contributed by atoms with Crippen molar-refractivity contribution in [3.63, 3.8) is 0 Å². The first-order valence-electron chi connectivity index (χ1n) is 11.9. The third-order valence-electron chi connectivity index (χ3n) is 5.97. The SMILES string of the molecule is COc1cc(-c2nnc(CCC(=O)N3CCN(c4ccccc4F)CC3)c(=O)[nH]2)ccc1OC(C)C. The number of amides is 1. The number of hydrogen-bond acceptors (Lipinski definition) is 7. The van der Waals surface area contributed by atoms with Crippen LogP contribution < -0.4 is 19.9 Å². The van der Waals surface area contributed by atoms with Gasteiger partial charge in [-0.05, 0) is 44.2 Å². The molecule has 2 heterocycles. The fraction of sp³-hybridized carbons (Fsp3) is 0.385.